The van der Waals surface area contributed by atoms with E-state index in [0.717, 1.165) is 0 Å². The van der Waals surface area contributed by atoms with Crippen molar-refractivity contribution in [2.45, 2.75) is 13.0 Å². The second-order valence-corrected chi connectivity index (χ2v) is 8.34. The van der Waals surface area contributed by atoms with E-state index in [2.05, 4.69) is 0 Å². The van der Waals surface area contributed by atoms with Crippen LogP contribution in [0.3, 0.4) is 0 Å². The number of carbonyl (C=O) groups is 2. The first-order valence-electron chi connectivity index (χ1n) is 10.5. The Morgan fingerprint density at radius 1 is 0.971 bits per heavy atom. The van der Waals surface area contributed by atoms with E-state index in [9.17, 15) is 14.7 Å². The first kappa shape index (κ1) is 23.7. The van der Waals surface area contributed by atoms with Crippen LogP contribution in [0.2, 0.25) is 10.0 Å². The van der Waals surface area contributed by atoms with Gasteiger partial charge in [-0.15, -0.1) is 0 Å². The summed E-state index contributed by atoms with van der Waals surface area (Å²) in [5.41, 5.74) is 1.17. The van der Waals surface area contributed by atoms with Gasteiger partial charge in [0.05, 0.1) is 30.4 Å². The van der Waals surface area contributed by atoms with Gasteiger partial charge in [0.2, 0.25) is 0 Å². The lowest BCUT2D eigenvalue weighted by atomic mass is 9.95. The third-order valence-corrected chi connectivity index (χ3v) is 6.07. The number of nitrogens with zero attached hydrogens (tertiary/aromatic N) is 1. The highest BCUT2D eigenvalue weighted by Gasteiger charge is 2.47. The van der Waals surface area contributed by atoms with E-state index in [1.54, 1.807) is 60.7 Å². The summed E-state index contributed by atoms with van der Waals surface area (Å²) in [6, 6.07) is 17.4. The van der Waals surface area contributed by atoms with Crippen LogP contribution in [0.1, 0.15) is 24.1 Å². The summed E-state index contributed by atoms with van der Waals surface area (Å²) in [5, 5.41) is 12.0. The minimum absolute atomic E-state index is 0.0840. The predicted octanol–water partition coefficient (Wildman–Crippen LogP) is 6.03. The Kier molecular flexibility index (Phi) is 6.82. The van der Waals surface area contributed by atoms with E-state index in [1.165, 1.54) is 18.1 Å². The molecular weight excluding hydrogens is 477 g/mol. The number of ether oxygens (including phenoxy) is 2. The topological polar surface area (TPSA) is 76.1 Å². The lowest BCUT2D eigenvalue weighted by molar-refractivity contribution is -0.132. The number of aliphatic hydroxyl groups is 1. The predicted molar refractivity (Wildman–Crippen MR) is 132 cm³/mol. The number of hydrogen-bond acceptors (Lipinski definition) is 5. The molecule has 1 aliphatic rings. The minimum Gasteiger partial charge on any atom is -0.507 e. The molecule has 0 saturated carbocycles. The number of rotatable bonds is 6. The molecule has 0 bridgehead atoms. The van der Waals surface area contributed by atoms with Gasteiger partial charge < -0.3 is 14.6 Å². The molecule has 1 N–H and O–H groups in total. The molecule has 174 valence electrons. The highest BCUT2D eigenvalue weighted by Crippen LogP contribution is 2.43. The number of Topliss-reactive ketones (excluding diaryl/α,β-unsaturated/α-hetero) is 1. The van der Waals surface area contributed by atoms with Crippen molar-refractivity contribution < 1.29 is 24.2 Å². The second kappa shape index (κ2) is 9.79. The quantitative estimate of drug-likeness (QED) is 0.255. The Balaban J connectivity index is 1.93. The first-order chi connectivity index (χ1) is 16.3. The highest BCUT2D eigenvalue weighted by molar-refractivity contribution is 6.52. The lowest BCUT2D eigenvalue weighted by Gasteiger charge is -2.25. The number of halogens is 2. The molecule has 1 amide bonds. The number of carbonyl (C=O) groups excluding carboxylic acids is 2. The van der Waals surface area contributed by atoms with Crippen LogP contribution < -0.4 is 14.4 Å². The van der Waals surface area contributed by atoms with Crippen molar-refractivity contribution in [3.05, 3.63) is 93.5 Å². The van der Waals surface area contributed by atoms with Crippen LogP contribution in [-0.4, -0.2) is 30.5 Å². The Labute approximate surface area is 206 Å². The van der Waals surface area contributed by atoms with Crippen molar-refractivity contribution in [2.75, 3.05) is 18.6 Å². The molecule has 4 rings (SSSR count). The number of amides is 1. The molecule has 1 unspecified atom stereocenters. The zero-order valence-electron chi connectivity index (χ0n) is 18.4. The number of anilines is 1. The van der Waals surface area contributed by atoms with Crippen LogP contribution >= 0.6 is 23.2 Å². The van der Waals surface area contributed by atoms with Crippen molar-refractivity contribution in [1.82, 2.24) is 0 Å². The molecule has 1 saturated heterocycles. The first-order valence-corrected chi connectivity index (χ1v) is 11.2. The van der Waals surface area contributed by atoms with Crippen LogP contribution in [-0.2, 0) is 9.59 Å². The summed E-state index contributed by atoms with van der Waals surface area (Å²) in [6.45, 7) is 2.37. The highest BCUT2D eigenvalue weighted by atomic mass is 35.5. The molecule has 1 heterocycles. The Bertz CT molecular complexity index is 1270. The van der Waals surface area contributed by atoms with Gasteiger partial charge in [0.1, 0.15) is 17.3 Å². The third kappa shape index (κ3) is 4.34. The maximum absolute atomic E-state index is 13.3. The van der Waals surface area contributed by atoms with Crippen LogP contribution in [0.5, 0.6) is 11.5 Å². The fourth-order valence-electron chi connectivity index (χ4n) is 3.89. The zero-order valence-corrected chi connectivity index (χ0v) is 19.9. The summed E-state index contributed by atoms with van der Waals surface area (Å²) in [6.07, 6.45) is 0. The molecule has 0 radical (unpaired) electrons. The van der Waals surface area contributed by atoms with E-state index in [-0.39, 0.29) is 16.2 Å². The fourth-order valence-corrected chi connectivity index (χ4v) is 4.22. The van der Waals surface area contributed by atoms with Crippen molar-refractivity contribution in [3.8, 4) is 11.5 Å². The van der Waals surface area contributed by atoms with Crippen molar-refractivity contribution >= 4 is 46.3 Å². The van der Waals surface area contributed by atoms with Gasteiger partial charge in [-0.25, -0.2) is 0 Å². The van der Waals surface area contributed by atoms with Crippen molar-refractivity contribution in [2.24, 2.45) is 0 Å². The Hall–Kier alpha value is -3.48. The molecule has 1 fully saturated rings. The van der Waals surface area contributed by atoms with Crippen LogP contribution in [0.25, 0.3) is 5.76 Å². The largest absolute Gasteiger partial charge is 0.507 e. The van der Waals surface area contributed by atoms with Crippen molar-refractivity contribution in [1.29, 1.82) is 0 Å². The molecule has 3 aromatic rings. The number of methoxy groups -OCH3 is 1. The van der Waals surface area contributed by atoms with E-state index >= 15 is 0 Å². The van der Waals surface area contributed by atoms with Crippen molar-refractivity contribution in [3.63, 3.8) is 0 Å². The summed E-state index contributed by atoms with van der Waals surface area (Å²) in [5.74, 6) is -0.911. The molecule has 6 nitrogen and oxygen atoms in total. The molecule has 0 aromatic heterocycles. The number of hydrogen-bond donors (Lipinski definition) is 1. The smallest absolute Gasteiger partial charge is 0.300 e. The molecule has 1 aliphatic heterocycles. The minimum atomic E-state index is -0.904. The normalized spacial score (nSPS) is 17.2. The molecule has 1 atom stereocenters. The zero-order chi connectivity index (χ0) is 24.4. The van der Waals surface area contributed by atoms with Gasteiger partial charge in [-0.1, -0.05) is 35.3 Å². The standard InChI is InChI=1S/C26H21Cl2NO5/c1-3-34-18-10-4-15(5-11-18)23-22(24(30)20-14-19(33-2)12-13-21(20)28)25(31)26(32)29(23)17-8-6-16(27)7-9-17/h4-14,23,30H,3H2,1-2H3/b24-22+. The maximum atomic E-state index is 13.3. The fraction of sp³-hybridized carbons (Fsp3) is 0.154. The van der Waals surface area contributed by atoms with E-state index in [4.69, 9.17) is 32.7 Å². The SMILES string of the molecule is CCOc1ccc(C2/C(=C(\O)c3cc(OC)ccc3Cl)C(=O)C(=O)N2c2ccc(Cl)cc2)cc1. The molecule has 0 aliphatic carbocycles. The van der Waals surface area contributed by atoms with Gasteiger partial charge in [0, 0.05) is 16.3 Å². The summed E-state index contributed by atoms with van der Waals surface area (Å²) >= 11 is 12.4. The summed E-state index contributed by atoms with van der Waals surface area (Å²) in [7, 11) is 1.48. The molecule has 3 aromatic carbocycles. The van der Waals surface area contributed by atoms with Gasteiger partial charge in [0.15, 0.2) is 0 Å². The van der Waals surface area contributed by atoms with Gasteiger partial charge >= 0.3 is 0 Å². The van der Waals surface area contributed by atoms with E-state index in [0.29, 0.717) is 34.4 Å². The molecule has 8 heteroatoms. The molecule has 0 spiro atoms. The summed E-state index contributed by atoms with van der Waals surface area (Å²) < 4.78 is 10.8. The van der Waals surface area contributed by atoms with Crippen LogP contribution in [0.4, 0.5) is 5.69 Å². The van der Waals surface area contributed by atoms with Gasteiger partial charge in [-0.3, -0.25) is 14.5 Å². The third-order valence-electron chi connectivity index (χ3n) is 5.48. The molecular formula is C26H21Cl2NO5. The maximum Gasteiger partial charge on any atom is 0.300 e. The van der Waals surface area contributed by atoms with E-state index < -0.39 is 23.5 Å². The van der Waals surface area contributed by atoms with Crippen LogP contribution in [0.15, 0.2) is 72.3 Å². The number of aliphatic hydroxyl groups excluding tert-OH is 1. The molecule has 34 heavy (non-hydrogen) atoms. The summed E-state index contributed by atoms with van der Waals surface area (Å²) in [4.78, 5) is 27.8. The van der Waals surface area contributed by atoms with Gasteiger partial charge in [-0.05, 0) is 67.1 Å². The average molecular weight is 498 g/mol. The van der Waals surface area contributed by atoms with E-state index in [1.807, 2.05) is 6.92 Å². The Morgan fingerprint density at radius 2 is 1.62 bits per heavy atom. The monoisotopic (exact) mass is 497 g/mol. The number of benzene rings is 3. The average Bonchev–Trinajstić information content (AvgIpc) is 3.10. The lowest BCUT2D eigenvalue weighted by Crippen LogP contribution is -2.29. The van der Waals surface area contributed by atoms with Gasteiger partial charge in [-0.2, -0.15) is 0 Å². The van der Waals surface area contributed by atoms with Crippen LogP contribution in [0, 0.1) is 0 Å². The number of ketones is 1. The van der Waals surface area contributed by atoms with Gasteiger partial charge in [0.25, 0.3) is 11.7 Å². The Morgan fingerprint density at radius 3 is 2.24 bits per heavy atom. The second-order valence-electron chi connectivity index (χ2n) is 7.49.